The van der Waals surface area contributed by atoms with Crippen molar-refractivity contribution in [2.45, 2.75) is 39.5 Å². The predicted molar refractivity (Wildman–Crippen MR) is 60.4 cm³/mol. The van der Waals surface area contributed by atoms with Crippen molar-refractivity contribution < 1.29 is 21.1 Å². The summed E-state index contributed by atoms with van der Waals surface area (Å²) in [6.07, 6.45) is 2.09. The Kier molecular flexibility index (Phi) is 6.70. The molecular formula is C10H18AlNO5. The van der Waals surface area contributed by atoms with Gasteiger partial charge < -0.3 is 11.5 Å². The first-order valence-corrected chi connectivity index (χ1v) is 7.36. The standard InChI is InChI=1S/C4H4NO3.2C3H7O.Al/c6-3-1-2-4(7)5(3)8;2*1-2-3-4;/h1-2H2;2*2-3H2,1H3;/q3*-1;+3. The Bertz CT molecular complexity index is 249. The summed E-state index contributed by atoms with van der Waals surface area (Å²) in [5.41, 5.74) is 0. The van der Waals surface area contributed by atoms with Gasteiger partial charge in [-0.25, -0.2) is 0 Å². The van der Waals surface area contributed by atoms with E-state index in [2.05, 4.69) is 0 Å². The Morgan fingerprint density at radius 2 is 1.53 bits per heavy atom. The lowest BCUT2D eigenvalue weighted by Gasteiger charge is -2.18. The molecule has 0 spiro atoms. The second-order valence-electron chi connectivity index (χ2n) is 3.72. The first-order chi connectivity index (χ1) is 8.19. The topological polar surface area (TPSA) is 65.1 Å². The van der Waals surface area contributed by atoms with E-state index in [1.807, 2.05) is 13.8 Å². The molecule has 6 nitrogen and oxygen atoms in total. The van der Waals surface area contributed by atoms with Crippen molar-refractivity contribution in [2.75, 3.05) is 13.2 Å². The van der Waals surface area contributed by atoms with Gasteiger partial charge in [0, 0.05) is 26.1 Å². The number of carbonyl (C=O) groups is 2. The third-order valence-electron chi connectivity index (χ3n) is 2.11. The number of hydroxylamine groups is 2. The van der Waals surface area contributed by atoms with Gasteiger partial charge in [0.05, 0.1) is 0 Å². The van der Waals surface area contributed by atoms with E-state index in [1.165, 1.54) is 0 Å². The fraction of sp³-hybridized carbons (Fsp3) is 0.800. The maximum Gasteiger partial charge on any atom is 0.929 e. The average molecular weight is 259 g/mol. The molecule has 2 amide bonds. The molecule has 7 heteroatoms. The number of hydrogen-bond donors (Lipinski definition) is 0. The summed E-state index contributed by atoms with van der Waals surface area (Å²) in [7, 11) is 0. The minimum atomic E-state index is -2.41. The average Bonchev–Trinajstić information content (AvgIpc) is 2.63. The van der Waals surface area contributed by atoms with Crippen LogP contribution < -0.4 is 0 Å². The molecule has 1 rings (SSSR count). The molecule has 0 radical (unpaired) electrons. The van der Waals surface area contributed by atoms with Crippen molar-refractivity contribution in [2.24, 2.45) is 0 Å². The molecule has 0 unspecified atom stereocenters. The van der Waals surface area contributed by atoms with E-state index in [0.717, 1.165) is 17.9 Å². The Hall–Kier alpha value is -0.448. The highest BCUT2D eigenvalue weighted by Crippen LogP contribution is 2.13. The Morgan fingerprint density at radius 1 is 1.06 bits per heavy atom. The first-order valence-electron chi connectivity index (χ1n) is 5.94. The zero-order valence-corrected chi connectivity index (χ0v) is 11.5. The number of nitrogens with zero attached hydrogens (tertiary/aromatic N) is 1. The van der Waals surface area contributed by atoms with Gasteiger partial charge in [-0.2, -0.15) is 5.06 Å². The lowest BCUT2D eigenvalue weighted by atomic mass is 10.4. The highest BCUT2D eigenvalue weighted by molar-refractivity contribution is 6.36. The summed E-state index contributed by atoms with van der Waals surface area (Å²) in [5.74, 6) is -0.625. The fourth-order valence-corrected chi connectivity index (χ4v) is 2.78. The van der Waals surface area contributed by atoms with E-state index >= 15 is 0 Å². The fourth-order valence-electron chi connectivity index (χ4n) is 1.30. The maximum absolute atomic E-state index is 11.4. The van der Waals surface area contributed by atoms with Crippen LogP contribution in [-0.4, -0.2) is 45.2 Å². The molecule has 1 aliphatic rings. The molecule has 0 aliphatic carbocycles. The van der Waals surface area contributed by atoms with Crippen LogP contribution in [-0.2, 0) is 21.1 Å². The summed E-state index contributed by atoms with van der Waals surface area (Å²) >= 11 is -2.41. The minimum Gasteiger partial charge on any atom is -0.453 e. The van der Waals surface area contributed by atoms with E-state index < -0.39 is 15.1 Å². The molecule has 17 heavy (non-hydrogen) atoms. The van der Waals surface area contributed by atoms with Gasteiger partial charge in [-0.05, 0) is 12.8 Å². The number of amides is 2. The van der Waals surface area contributed by atoms with Gasteiger partial charge in [-0.3, -0.25) is 9.59 Å². The predicted octanol–water partition coefficient (Wildman–Crippen LogP) is 0.905. The van der Waals surface area contributed by atoms with Crippen LogP contribution in [0.25, 0.3) is 0 Å². The second kappa shape index (κ2) is 7.80. The van der Waals surface area contributed by atoms with Crippen molar-refractivity contribution in [3.8, 4) is 0 Å². The Balaban J connectivity index is 2.45. The zero-order chi connectivity index (χ0) is 12.7. The van der Waals surface area contributed by atoms with Gasteiger partial charge in [0.15, 0.2) is 0 Å². The molecule has 0 N–H and O–H groups in total. The molecule has 0 saturated carbocycles. The van der Waals surface area contributed by atoms with E-state index in [9.17, 15) is 9.59 Å². The Labute approximate surface area is 106 Å². The molecule has 1 aliphatic heterocycles. The van der Waals surface area contributed by atoms with Crippen molar-refractivity contribution in [1.82, 2.24) is 5.06 Å². The van der Waals surface area contributed by atoms with Crippen molar-refractivity contribution in [3.63, 3.8) is 0 Å². The molecule has 0 aromatic rings. The van der Waals surface area contributed by atoms with Crippen LogP contribution >= 0.6 is 0 Å². The highest BCUT2D eigenvalue weighted by Gasteiger charge is 2.40. The van der Waals surface area contributed by atoms with E-state index in [1.54, 1.807) is 0 Å². The molecule has 0 aromatic carbocycles. The largest absolute Gasteiger partial charge is 0.929 e. The molecule has 1 heterocycles. The van der Waals surface area contributed by atoms with Crippen LogP contribution in [0.4, 0.5) is 0 Å². The van der Waals surface area contributed by atoms with Gasteiger partial charge in [0.1, 0.15) is 0 Å². The summed E-state index contributed by atoms with van der Waals surface area (Å²) in [6.45, 7) is 4.96. The maximum atomic E-state index is 11.4. The van der Waals surface area contributed by atoms with Crippen LogP contribution in [0.15, 0.2) is 0 Å². The smallest absolute Gasteiger partial charge is 0.453 e. The number of imide groups is 1. The van der Waals surface area contributed by atoms with E-state index in [-0.39, 0.29) is 24.7 Å². The van der Waals surface area contributed by atoms with Gasteiger partial charge in [0.2, 0.25) is 0 Å². The minimum absolute atomic E-state index is 0.210. The third-order valence-corrected chi connectivity index (χ3v) is 3.51. The lowest BCUT2D eigenvalue weighted by Crippen LogP contribution is -2.40. The highest BCUT2D eigenvalue weighted by atomic mass is 27.3. The quantitative estimate of drug-likeness (QED) is 0.478. The van der Waals surface area contributed by atoms with Crippen LogP contribution in [0, 0.1) is 0 Å². The molecular weight excluding hydrogens is 241 g/mol. The van der Waals surface area contributed by atoms with Gasteiger partial charge in [-0.15, -0.1) is 0 Å². The van der Waals surface area contributed by atoms with E-state index in [4.69, 9.17) is 11.5 Å². The summed E-state index contributed by atoms with van der Waals surface area (Å²) in [4.78, 5) is 22.7. The van der Waals surface area contributed by atoms with E-state index in [0.29, 0.717) is 13.2 Å². The zero-order valence-electron chi connectivity index (χ0n) is 10.3. The molecule has 1 fully saturated rings. The summed E-state index contributed by atoms with van der Waals surface area (Å²) in [5, 5.41) is 0.808. The molecule has 0 bridgehead atoms. The second-order valence-corrected chi connectivity index (χ2v) is 5.17. The van der Waals surface area contributed by atoms with Crippen molar-refractivity contribution >= 4 is 27.0 Å². The number of hydrogen-bond acceptors (Lipinski definition) is 5. The van der Waals surface area contributed by atoms with Gasteiger partial charge in [0.25, 0.3) is 11.8 Å². The van der Waals surface area contributed by atoms with Crippen molar-refractivity contribution in [3.05, 3.63) is 0 Å². The first kappa shape index (κ1) is 14.6. The number of rotatable bonds is 8. The van der Waals surface area contributed by atoms with Crippen LogP contribution in [0.1, 0.15) is 39.5 Å². The summed E-state index contributed by atoms with van der Waals surface area (Å²) in [6, 6.07) is 0. The Morgan fingerprint density at radius 3 is 1.94 bits per heavy atom. The number of carbonyl (C=O) groups excluding carboxylic acids is 2. The third kappa shape index (κ3) is 4.74. The van der Waals surface area contributed by atoms with Gasteiger partial charge >= 0.3 is 15.1 Å². The lowest BCUT2D eigenvalue weighted by molar-refractivity contribution is -0.172. The van der Waals surface area contributed by atoms with Crippen molar-refractivity contribution in [1.29, 1.82) is 0 Å². The molecule has 0 aromatic heterocycles. The van der Waals surface area contributed by atoms with Crippen LogP contribution in [0.3, 0.4) is 0 Å². The van der Waals surface area contributed by atoms with Crippen LogP contribution in [0.2, 0.25) is 0 Å². The van der Waals surface area contributed by atoms with Crippen LogP contribution in [0.5, 0.6) is 0 Å². The van der Waals surface area contributed by atoms with Gasteiger partial charge in [-0.1, -0.05) is 13.8 Å². The SMILES string of the molecule is CCC[O][Al]([O]CCC)[O]N1C(=O)CCC1=O. The monoisotopic (exact) mass is 259 g/mol. The summed E-state index contributed by atoms with van der Waals surface area (Å²) < 4.78 is 16.1. The molecule has 0 atom stereocenters. The normalized spacial score (nSPS) is 15.8. The molecule has 96 valence electrons. The molecule has 1 saturated heterocycles.